The highest BCUT2D eigenvalue weighted by Gasteiger charge is 2.41. The SMILES string of the molecule is O=c1[nH]nc2cc(NCC3(CCCl)CC3)ncn12. The third kappa shape index (κ3) is 2.08. The summed E-state index contributed by atoms with van der Waals surface area (Å²) < 4.78 is 1.37. The van der Waals surface area contributed by atoms with Gasteiger partial charge in [0, 0.05) is 18.5 Å². The molecule has 0 atom stereocenters. The molecule has 1 aliphatic rings. The lowest BCUT2D eigenvalue weighted by Crippen LogP contribution is -2.17. The summed E-state index contributed by atoms with van der Waals surface area (Å²) in [5.74, 6) is 1.44. The molecule has 0 bridgehead atoms. The standard InChI is InChI=1S/C11H14ClN5O/c12-4-3-11(1-2-11)6-13-8-5-9-15-16-10(18)17(9)7-14-8/h5,7,13H,1-4,6H2,(H,16,18). The van der Waals surface area contributed by atoms with E-state index in [1.807, 2.05) is 0 Å². The van der Waals surface area contributed by atoms with Gasteiger partial charge in [0.15, 0.2) is 5.65 Å². The van der Waals surface area contributed by atoms with Gasteiger partial charge in [-0.15, -0.1) is 11.6 Å². The third-order valence-corrected chi connectivity index (χ3v) is 3.73. The van der Waals surface area contributed by atoms with E-state index in [-0.39, 0.29) is 5.69 Å². The molecule has 7 heteroatoms. The average Bonchev–Trinajstić information content (AvgIpc) is 3.05. The van der Waals surface area contributed by atoms with E-state index in [0.717, 1.165) is 18.8 Å². The first kappa shape index (κ1) is 11.5. The maximum Gasteiger partial charge on any atom is 0.348 e. The van der Waals surface area contributed by atoms with E-state index in [0.29, 0.717) is 16.9 Å². The fourth-order valence-corrected chi connectivity index (χ4v) is 2.48. The molecule has 2 heterocycles. The van der Waals surface area contributed by atoms with Crippen LogP contribution in [0.4, 0.5) is 5.82 Å². The molecule has 1 fully saturated rings. The lowest BCUT2D eigenvalue weighted by molar-refractivity contribution is 0.524. The number of aromatic amines is 1. The molecule has 0 radical (unpaired) electrons. The predicted octanol–water partition coefficient (Wildman–Crippen LogP) is 1.24. The number of fused-ring (bicyclic) bond motifs is 1. The van der Waals surface area contributed by atoms with Gasteiger partial charge in [0.1, 0.15) is 12.1 Å². The second-order valence-electron chi connectivity index (χ2n) is 4.82. The molecule has 1 aliphatic carbocycles. The molecule has 0 spiro atoms. The number of aromatic nitrogens is 4. The Bertz CT molecular complexity index is 615. The van der Waals surface area contributed by atoms with Gasteiger partial charge in [-0.2, -0.15) is 5.10 Å². The molecule has 0 aliphatic heterocycles. The van der Waals surface area contributed by atoms with Crippen LogP contribution in [0.15, 0.2) is 17.2 Å². The van der Waals surface area contributed by atoms with Crippen molar-refractivity contribution in [2.24, 2.45) is 5.41 Å². The topological polar surface area (TPSA) is 75.1 Å². The second-order valence-corrected chi connectivity index (χ2v) is 5.20. The minimum Gasteiger partial charge on any atom is -0.369 e. The predicted molar refractivity (Wildman–Crippen MR) is 69.1 cm³/mol. The Morgan fingerprint density at radius 3 is 3.11 bits per heavy atom. The quantitative estimate of drug-likeness (QED) is 0.800. The van der Waals surface area contributed by atoms with E-state index >= 15 is 0 Å². The van der Waals surface area contributed by atoms with Crippen molar-refractivity contribution in [2.45, 2.75) is 19.3 Å². The largest absolute Gasteiger partial charge is 0.369 e. The minimum atomic E-state index is -0.273. The normalized spacial score (nSPS) is 16.9. The van der Waals surface area contributed by atoms with E-state index in [4.69, 9.17) is 11.6 Å². The van der Waals surface area contributed by atoms with Crippen molar-refractivity contribution in [3.8, 4) is 0 Å². The number of rotatable bonds is 5. The molecular formula is C11H14ClN5O. The number of hydrogen-bond donors (Lipinski definition) is 2. The maximum absolute atomic E-state index is 11.3. The number of hydrogen-bond acceptors (Lipinski definition) is 4. The summed E-state index contributed by atoms with van der Waals surface area (Å²) in [6.07, 6.45) is 4.95. The van der Waals surface area contributed by atoms with E-state index in [2.05, 4.69) is 20.5 Å². The molecular weight excluding hydrogens is 254 g/mol. The van der Waals surface area contributed by atoms with E-state index in [1.165, 1.54) is 23.6 Å². The smallest absolute Gasteiger partial charge is 0.348 e. The van der Waals surface area contributed by atoms with Crippen LogP contribution in [0.1, 0.15) is 19.3 Å². The summed E-state index contributed by atoms with van der Waals surface area (Å²) in [6, 6.07) is 1.76. The number of alkyl halides is 1. The zero-order valence-electron chi connectivity index (χ0n) is 9.82. The molecule has 0 saturated heterocycles. The number of nitrogens with zero attached hydrogens (tertiary/aromatic N) is 3. The third-order valence-electron chi connectivity index (χ3n) is 3.54. The van der Waals surface area contributed by atoms with Crippen molar-refractivity contribution in [1.82, 2.24) is 19.6 Å². The fraction of sp³-hybridized carbons (Fsp3) is 0.545. The van der Waals surface area contributed by atoms with Gasteiger partial charge in [-0.1, -0.05) is 0 Å². The summed E-state index contributed by atoms with van der Waals surface area (Å²) in [5, 5.41) is 9.58. The van der Waals surface area contributed by atoms with Gasteiger partial charge in [0.25, 0.3) is 0 Å². The highest BCUT2D eigenvalue weighted by molar-refractivity contribution is 6.17. The Hall–Kier alpha value is -1.56. The lowest BCUT2D eigenvalue weighted by Gasteiger charge is -2.14. The summed E-state index contributed by atoms with van der Waals surface area (Å²) in [6.45, 7) is 0.873. The summed E-state index contributed by atoms with van der Waals surface area (Å²) >= 11 is 5.79. The molecule has 2 N–H and O–H groups in total. The van der Waals surface area contributed by atoms with Crippen molar-refractivity contribution >= 4 is 23.1 Å². The average molecular weight is 268 g/mol. The number of nitrogens with one attached hydrogen (secondary N) is 2. The molecule has 18 heavy (non-hydrogen) atoms. The molecule has 2 aromatic heterocycles. The lowest BCUT2D eigenvalue weighted by atomic mass is 10.0. The summed E-state index contributed by atoms with van der Waals surface area (Å²) in [4.78, 5) is 15.5. The van der Waals surface area contributed by atoms with Crippen LogP contribution in [0, 0.1) is 5.41 Å². The Morgan fingerprint density at radius 1 is 1.56 bits per heavy atom. The summed E-state index contributed by atoms with van der Waals surface area (Å²) in [5.41, 5.74) is 0.644. The monoisotopic (exact) mass is 267 g/mol. The molecule has 0 amide bonds. The Morgan fingerprint density at radius 2 is 2.39 bits per heavy atom. The van der Waals surface area contributed by atoms with Gasteiger partial charge in [-0.3, -0.25) is 0 Å². The first-order valence-corrected chi connectivity index (χ1v) is 6.49. The van der Waals surface area contributed by atoms with Crippen LogP contribution in [0.2, 0.25) is 0 Å². The van der Waals surface area contributed by atoms with E-state index in [9.17, 15) is 4.79 Å². The Balaban J connectivity index is 1.73. The van der Waals surface area contributed by atoms with Crippen LogP contribution in [0.25, 0.3) is 5.65 Å². The zero-order valence-corrected chi connectivity index (χ0v) is 10.6. The fourth-order valence-electron chi connectivity index (χ4n) is 2.08. The Kier molecular flexibility index (Phi) is 2.74. The zero-order chi connectivity index (χ0) is 12.6. The summed E-state index contributed by atoms with van der Waals surface area (Å²) in [7, 11) is 0. The van der Waals surface area contributed by atoms with Crippen LogP contribution in [0.3, 0.4) is 0 Å². The number of halogens is 1. The molecule has 6 nitrogen and oxygen atoms in total. The van der Waals surface area contributed by atoms with Crippen LogP contribution in [-0.4, -0.2) is 32.0 Å². The number of anilines is 1. The van der Waals surface area contributed by atoms with E-state index in [1.54, 1.807) is 6.07 Å². The molecule has 3 rings (SSSR count). The van der Waals surface area contributed by atoms with Gasteiger partial charge in [0.2, 0.25) is 0 Å². The van der Waals surface area contributed by atoms with Crippen LogP contribution in [0.5, 0.6) is 0 Å². The highest BCUT2D eigenvalue weighted by Crippen LogP contribution is 2.48. The van der Waals surface area contributed by atoms with Gasteiger partial charge in [0.05, 0.1) is 0 Å². The van der Waals surface area contributed by atoms with Crippen molar-refractivity contribution in [3.63, 3.8) is 0 Å². The highest BCUT2D eigenvalue weighted by atomic mass is 35.5. The van der Waals surface area contributed by atoms with Gasteiger partial charge in [-0.25, -0.2) is 19.3 Å². The van der Waals surface area contributed by atoms with Gasteiger partial charge < -0.3 is 5.32 Å². The molecule has 0 unspecified atom stereocenters. The van der Waals surface area contributed by atoms with Crippen LogP contribution >= 0.6 is 11.6 Å². The first-order valence-electron chi connectivity index (χ1n) is 5.95. The van der Waals surface area contributed by atoms with Gasteiger partial charge in [-0.05, 0) is 24.7 Å². The molecule has 1 saturated carbocycles. The van der Waals surface area contributed by atoms with Gasteiger partial charge >= 0.3 is 5.69 Å². The van der Waals surface area contributed by atoms with E-state index < -0.39 is 0 Å². The number of H-pyrrole nitrogens is 1. The second kappa shape index (κ2) is 4.28. The van der Waals surface area contributed by atoms with Crippen LogP contribution < -0.4 is 11.0 Å². The molecule has 0 aromatic carbocycles. The minimum absolute atomic E-state index is 0.273. The van der Waals surface area contributed by atoms with Crippen molar-refractivity contribution in [3.05, 3.63) is 22.9 Å². The van der Waals surface area contributed by atoms with Crippen LogP contribution in [-0.2, 0) is 0 Å². The molecule has 96 valence electrons. The first-order chi connectivity index (χ1) is 8.72. The van der Waals surface area contributed by atoms with Crippen molar-refractivity contribution in [1.29, 1.82) is 0 Å². The van der Waals surface area contributed by atoms with Crippen molar-refractivity contribution < 1.29 is 0 Å². The Labute approximate surface area is 108 Å². The van der Waals surface area contributed by atoms with Crippen molar-refractivity contribution in [2.75, 3.05) is 17.7 Å². The maximum atomic E-state index is 11.3. The molecule has 2 aromatic rings.